The van der Waals surface area contributed by atoms with Crippen molar-refractivity contribution in [1.82, 2.24) is 0 Å². The SMILES string of the molecule is CC#CC(CC)OC(=O)CSc1ccccc1. The van der Waals surface area contributed by atoms with Gasteiger partial charge in [0.1, 0.15) is 0 Å². The highest BCUT2D eigenvalue weighted by atomic mass is 32.2. The van der Waals surface area contributed by atoms with Crippen LogP contribution in [-0.2, 0) is 9.53 Å². The normalized spacial score (nSPS) is 11.2. The van der Waals surface area contributed by atoms with Gasteiger partial charge in [0.15, 0.2) is 6.10 Å². The van der Waals surface area contributed by atoms with Crippen LogP contribution in [0.2, 0.25) is 0 Å². The molecule has 0 fully saturated rings. The van der Waals surface area contributed by atoms with Crippen molar-refractivity contribution in [2.75, 3.05) is 5.75 Å². The summed E-state index contributed by atoms with van der Waals surface area (Å²) in [6, 6.07) is 9.80. The van der Waals surface area contributed by atoms with E-state index in [9.17, 15) is 4.79 Å². The fourth-order valence-corrected chi connectivity index (χ4v) is 1.93. The van der Waals surface area contributed by atoms with E-state index < -0.39 is 0 Å². The molecule has 0 aliphatic heterocycles. The summed E-state index contributed by atoms with van der Waals surface area (Å²) in [4.78, 5) is 12.6. The van der Waals surface area contributed by atoms with Crippen LogP contribution in [0.4, 0.5) is 0 Å². The Hall–Kier alpha value is -1.40. The lowest BCUT2D eigenvalue weighted by Gasteiger charge is -2.09. The van der Waals surface area contributed by atoms with Crippen molar-refractivity contribution >= 4 is 17.7 Å². The van der Waals surface area contributed by atoms with E-state index in [-0.39, 0.29) is 12.1 Å². The van der Waals surface area contributed by atoms with Crippen LogP contribution in [0, 0.1) is 11.8 Å². The van der Waals surface area contributed by atoms with Crippen LogP contribution < -0.4 is 0 Å². The summed E-state index contributed by atoms with van der Waals surface area (Å²) < 4.78 is 5.23. The molecule has 1 aromatic rings. The quantitative estimate of drug-likeness (QED) is 0.455. The first-order chi connectivity index (χ1) is 8.26. The lowest BCUT2D eigenvalue weighted by Crippen LogP contribution is -2.17. The van der Waals surface area contributed by atoms with E-state index in [0.29, 0.717) is 5.75 Å². The van der Waals surface area contributed by atoms with Gasteiger partial charge >= 0.3 is 5.97 Å². The summed E-state index contributed by atoms with van der Waals surface area (Å²) in [5, 5.41) is 0. The van der Waals surface area contributed by atoms with Gasteiger partial charge in [0.25, 0.3) is 0 Å². The number of carbonyl (C=O) groups excluding carboxylic acids is 1. The number of thioether (sulfide) groups is 1. The lowest BCUT2D eigenvalue weighted by molar-refractivity contribution is -0.143. The van der Waals surface area contributed by atoms with Crippen LogP contribution in [0.1, 0.15) is 20.3 Å². The zero-order valence-electron chi connectivity index (χ0n) is 10.1. The summed E-state index contributed by atoms with van der Waals surface area (Å²) >= 11 is 1.48. The van der Waals surface area contributed by atoms with E-state index in [1.165, 1.54) is 11.8 Å². The van der Waals surface area contributed by atoms with Crippen LogP contribution in [-0.4, -0.2) is 17.8 Å². The molecular weight excluding hydrogens is 232 g/mol. The first-order valence-corrected chi connectivity index (χ1v) is 6.54. The van der Waals surface area contributed by atoms with Crippen molar-refractivity contribution in [2.45, 2.75) is 31.3 Å². The molecule has 0 spiro atoms. The van der Waals surface area contributed by atoms with Gasteiger partial charge in [-0.2, -0.15) is 0 Å². The lowest BCUT2D eigenvalue weighted by atomic mass is 10.3. The Morgan fingerprint density at radius 1 is 1.41 bits per heavy atom. The molecule has 1 aromatic carbocycles. The molecule has 0 aromatic heterocycles. The van der Waals surface area contributed by atoms with E-state index in [0.717, 1.165) is 11.3 Å². The summed E-state index contributed by atoms with van der Waals surface area (Å²) in [5.41, 5.74) is 0. The monoisotopic (exact) mass is 248 g/mol. The van der Waals surface area contributed by atoms with Gasteiger partial charge in [-0.1, -0.05) is 31.0 Å². The number of benzene rings is 1. The molecule has 0 radical (unpaired) electrons. The molecule has 0 N–H and O–H groups in total. The zero-order valence-corrected chi connectivity index (χ0v) is 10.9. The van der Waals surface area contributed by atoms with Crippen LogP contribution in [0.15, 0.2) is 35.2 Å². The molecule has 1 unspecified atom stereocenters. The molecule has 2 nitrogen and oxygen atoms in total. The van der Waals surface area contributed by atoms with E-state index >= 15 is 0 Å². The van der Waals surface area contributed by atoms with Gasteiger partial charge in [0.2, 0.25) is 0 Å². The van der Waals surface area contributed by atoms with Crippen molar-refractivity contribution in [3.63, 3.8) is 0 Å². The first-order valence-electron chi connectivity index (χ1n) is 5.56. The molecule has 0 aliphatic carbocycles. The molecular formula is C14H16O2S. The summed E-state index contributed by atoms with van der Waals surface area (Å²) in [6.45, 7) is 3.70. The average Bonchev–Trinajstić information content (AvgIpc) is 2.37. The van der Waals surface area contributed by atoms with Crippen LogP contribution in [0.3, 0.4) is 0 Å². The molecule has 3 heteroatoms. The Morgan fingerprint density at radius 3 is 2.71 bits per heavy atom. The van der Waals surface area contributed by atoms with Crippen LogP contribution in [0.25, 0.3) is 0 Å². The van der Waals surface area contributed by atoms with Gasteiger partial charge in [-0.05, 0) is 25.5 Å². The third-order valence-corrected chi connectivity index (χ3v) is 3.04. The van der Waals surface area contributed by atoms with Crippen molar-refractivity contribution in [1.29, 1.82) is 0 Å². The van der Waals surface area contributed by atoms with E-state index in [2.05, 4.69) is 11.8 Å². The van der Waals surface area contributed by atoms with Crippen LogP contribution >= 0.6 is 11.8 Å². The van der Waals surface area contributed by atoms with E-state index in [1.54, 1.807) is 6.92 Å². The minimum absolute atomic E-state index is 0.214. The molecule has 0 saturated carbocycles. The first kappa shape index (κ1) is 13.7. The average molecular weight is 248 g/mol. The second-order valence-electron chi connectivity index (χ2n) is 3.38. The Bertz CT molecular complexity index is 403. The van der Waals surface area contributed by atoms with Crippen molar-refractivity contribution in [2.24, 2.45) is 0 Å². The van der Waals surface area contributed by atoms with E-state index in [4.69, 9.17) is 4.74 Å². The molecule has 90 valence electrons. The third-order valence-electron chi connectivity index (χ3n) is 2.05. The molecule has 0 saturated heterocycles. The fraction of sp³-hybridized carbons (Fsp3) is 0.357. The zero-order chi connectivity index (χ0) is 12.5. The highest BCUT2D eigenvalue weighted by Crippen LogP contribution is 2.17. The largest absolute Gasteiger partial charge is 0.449 e. The summed E-state index contributed by atoms with van der Waals surface area (Å²) in [6.07, 6.45) is 0.451. The molecule has 0 bridgehead atoms. The van der Waals surface area contributed by atoms with Gasteiger partial charge < -0.3 is 4.74 Å². The minimum atomic E-state index is -0.274. The van der Waals surface area contributed by atoms with E-state index in [1.807, 2.05) is 37.3 Å². The number of rotatable bonds is 5. The van der Waals surface area contributed by atoms with Gasteiger partial charge in [-0.3, -0.25) is 4.79 Å². The van der Waals surface area contributed by atoms with Crippen molar-refractivity contribution < 1.29 is 9.53 Å². The number of hydrogen-bond acceptors (Lipinski definition) is 3. The highest BCUT2D eigenvalue weighted by molar-refractivity contribution is 8.00. The smallest absolute Gasteiger partial charge is 0.317 e. The Balaban J connectivity index is 2.36. The second-order valence-corrected chi connectivity index (χ2v) is 4.43. The van der Waals surface area contributed by atoms with Crippen molar-refractivity contribution in [3.05, 3.63) is 30.3 Å². The predicted octanol–water partition coefficient (Wildman–Crippen LogP) is 3.12. The molecule has 0 heterocycles. The third kappa shape index (κ3) is 5.46. The molecule has 17 heavy (non-hydrogen) atoms. The number of esters is 1. The summed E-state index contributed by atoms with van der Waals surface area (Å²) in [7, 11) is 0. The predicted molar refractivity (Wildman–Crippen MR) is 70.8 cm³/mol. The molecule has 0 aliphatic rings. The number of ether oxygens (including phenoxy) is 1. The standard InChI is InChI=1S/C14H16O2S/c1-3-8-12(4-2)16-14(15)11-17-13-9-6-5-7-10-13/h5-7,9-10,12H,4,11H2,1-2H3. The molecule has 0 amide bonds. The Labute approximate surface area is 107 Å². The van der Waals surface area contributed by atoms with Gasteiger partial charge in [0.05, 0.1) is 5.75 Å². The topological polar surface area (TPSA) is 26.3 Å². The maximum Gasteiger partial charge on any atom is 0.317 e. The Morgan fingerprint density at radius 2 is 2.12 bits per heavy atom. The second kappa shape index (κ2) is 7.81. The van der Waals surface area contributed by atoms with Gasteiger partial charge in [-0.15, -0.1) is 17.7 Å². The maximum atomic E-state index is 11.5. The number of hydrogen-bond donors (Lipinski definition) is 0. The van der Waals surface area contributed by atoms with Crippen LogP contribution in [0.5, 0.6) is 0 Å². The number of carbonyl (C=O) groups is 1. The van der Waals surface area contributed by atoms with Gasteiger partial charge in [-0.25, -0.2) is 0 Å². The Kier molecular flexibility index (Phi) is 6.27. The minimum Gasteiger partial charge on any atom is -0.449 e. The molecule has 1 rings (SSSR count). The summed E-state index contributed by atoms with van der Waals surface area (Å²) in [5.74, 6) is 5.73. The highest BCUT2D eigenvalue weighted by Gasteiger charge is 2.09. The molecule has 1 atom stereocenters. The maximum absolute atomic E-state index is 11.5. The van der Waals surface area contributed by atoms with Crippen molar-refractivity contribution in [3.8, 4) is 11.8 Å². The fourth-order valence-electron chi connectivity index (χ4n) is 1.23. The van der Waals surface area contributed by atoms with Gasteiger partial charge in [0, 0.05) is 4.90 Å².